The van der Waals surface area contributed by atoms with Gasteiger partial charge in [0.1, 0.15) is 13.6 Å². The van der Waals surface area contributed by atoms with Crippen LogP contribution in [0.1, 0.15) is 41.5 Å². The average Bonchev–Trinajstić information content (AvgIpc) is 2.13. The maximum absolute atomic E-state index is 5.85. The van der Waals surface area contributed by atoms with Crippen molar-refractivity contribution in [1.82, 2.24) is 0 Å². The fourth-order valence-corrected chi connectivity index (χ4v) is 3.77. The molecule has 2 saturated heterocycles. The highest BCUT2D eigenvalue weighted by molar-refractivity contribution is 5.15. The Morgan fingerprint density at radius 3 is 1.47 bits per heavy atom. The molecule has 0 aliphatic carbocycles. The molecule has 0 atom stereocenters. The van der Waals surface area contributed by atoms with Gasteiger partial charge in [-0.25, -0.2) is 0 Å². The molecule has 17 heavy (non-hydrogen) atoms. The van der Waals surface area contributed by atoms with Gasteiger partial charge in [0.2, 0.25) is 0 Å². The maximum atomic E-state index is 5.85. The van der Waals surface area contributed by atoms with Crippen LogP contribution in [-0.2, 0) is 18.9 Å². The van der Waals surface area contributed by atoms with Gasteiger partial charge in [-0.3, -0.25) is 0 Å². The second-order valence-electron chi connectivity index (χ2n) is 6.45. The minimum atomic E-state index is -0.362. The molecular formula is C13H24O4. The molecule has 4 heteroatoms. The van der Waals surface area contributed by atoms with Gasteiger partial charge in [0.05, 0.1) is 28.8 Å². The monoisotopic (exact) mass is 244 g/mol. The molecule has 4 nitrogen and oxygen atoms in total. The number of rotatable bonds is 0. The summed E-state index contributed by atoms with van der Waals surface area (Å²) >= 11 is 0. The van der Waals surface area contributed by atoms with E-state index in [4.69, 9.17) is 18.9 Å². The van der Waals surface area contributed by atoms with E-state index >= 15 is 0 Å². The van der Waals surface area contributed by atoms with Crippen molar-refractivity contribution in [1.29, 1.82) is 0 Å². The van der Waals surface area contributed by atoms with E-state index in [9.17, 15) is 0 Å². The van der Waals surface area contributed by atoms with E-state index in [1.165, 1.54) is 0 Å². The summed E-state index contributed by atoms with van der Waals surface area (Å²) < 4.78 is 23.1. The molecule has 2 aliphatic rings. The molecule has 0 radical (unpaired) electrons. The van der Waals surface area contributed by atoms with Gasteiger partial charge in [-0.15, -0.1) is 0 Å². The van der Waals surface area contributed by atoms with E-state index < -0.39 is 0 Å². The van der Waals surface area contributed by atoms with Gasteiger partial charge in [0.15, 0.2) is 0 Å². The first-order valence-electron chi connectivity index (χ1n) is 6.16. The van der Waals surface area contributed by atoms with E-state index in [2.05, 4.69) is 41.5 Å². The predicted molar refractivity (Wildman–Crippen MR) is 63.6 cm³/mol. The quantitative estimate of drug-likeness (QED) is 0.655. The van der Waals surface area contributed by atoms with Crippen molar-refractivity contribution < 1.29 is 18.9 Å². The van der Waals surface area contributed by atoms with Gasteiger partial charge >= 0.3 is 0 Å². The molecule has 2 rings (SSSR count). The Labute approximate surface area is 104 Å². The van der Waals surface area contributed by atoms with Gasteiger partial charge in [-0.2, -0.15) is 0 Å². The highest BCUT2D eigenvalue weighted by Gasteiger charge is 2.68. The first-order valence-corrected chi connectivity index (χ1v) is 6.16. The molecule has 0 aromatic carbocycles. The molecule has 0 bridgehead atoms. The summed E-state index contributed by atoms with van der Waals surface area (Å²) in [6.45, 7) is 13.8. The van der Waals surface area contributed by atoms with Crippen LogP contribution in [0.15, 0.2) is 0 Å². The second-order valence-corrected chi connectivity index (χ2v) is 6.45. The lowest BCUT2D eigenvalue weighted by atomic mass is 9.55. The molecule has 0 amide bonds. The van der Waals surface area contributed by atoms with Crippen molar-refractivity contribution in [2.75, 3.05) is 20.2 Å². The lowest BCUT2D eigenvalue weighted by Crippen LogP contribution is -2.75. The van der Waals surface area contributed by atoms with Crippen LogP contribution < -0.4 is 0 Å². The molecule has 2 aliphatic heterocycles. The highest BCUT2D eigenvalue weighted by Crippen LogP contribution is 2.57. The molecule has 100 valence electrons. The van der Waals surface area contributed by atoms with Crippen LogP contribution in [0.4, 0.5) is 0 Å². The fourth-order valence-electron chi connectivity index (χ4n) is 3.77. The van der Waals surface area contributed by atoms with Crippen molar-refractivity contribution in [2.45, 2.75) is 58.3 Å². The van der Waals surface area contributed by atoms with E-state index in [1.807, 2.05) is 0 Å². The van der Waals surface area contributed by atoms with Crippen molar-refractivity contribution >= 4 is 0 Å². The van der Waals surface area contributed by atoms with Crippen LogP contribution in [0.2, 0.25) is 0 Å². The zero-order valence-corrected chi connectivity index (χ0v) is 11.8. The van der Waals surface area contributed by atoms with E-state index in [0.29, 0.717) is 20.2 Å². The Kier molecular flexibility index (Phi) is 2.86. The van der Waals surface area contributed by atoms with Crippen LogP contribution in [0.5, 0.6) is 0 Å². The lowest BCUT2D eigenvalue weighted by molar-refractivity contribution is -0.402. The molecule has 0 N–H and O–H groups in total. The summed E-state index contributed by atoms with van der Waals surface area (Å²) in [4.78, 5) is 0. The molecule has 1 spiro atoms. The first kappa shape index (κ1) is 13.3. The Morgan fingerprint density at radius 1 is 0.647 bits per heavy atom. The molecule has 2 heterocycles. The molecule has 0 saturated carbocycles. The van der Waals surface area contributed by atoms with Crippen LogP contribution >= 0.6 is 0 Å². The molecule has 0 aromatic heterocycles. The summed E-state index contributed by atoms with van der Waals surface area (Å²) in [6, 6.07) is 0. The summed E-state index contributed by atoms with van der Waals surface area (Å²) in [6.07, 6.45) is 0. The minimum absolute atomic E-state index is 0.317. The third-order valence-electron chi connectivity index (χ3n) is 4.74. The van der Waals surface area contributed by atoms with Crippen molar-refractivity contribution in [3.05, 3.63) is 0 Å². The summed E-state index contributed by atoms with van der Waals surface area (Å²) in [5.74, 6) is 0. The molecular weight excluding hydrogens is 220 g/mol. The van der Waals surface area contributed by atoms with Crippen LogP contribution in [0, 0.1) is 5.41 Å². The first-order chi connectivity index (χ1) is 7.66. The lowest BCUT2D eigenvalue weighted by Gasteiger charge is -2.65. The topological polar surface area (TPSA) is 36.9 Å². The highest BCUT2D eigenvalue weighted by atomic mass is 16.7. The zero-order valence-electron chi connectivity index (χ0n) is 11.8. The van der Waals surface area contributed by atoms with Crippen molar-refractivity contribution in [3.8, 4) is 0 Å². The standard InChI is InChI=1S/C13H24O4/c1-10(2)13(7-14-8-15-10)11(3,4)16-9-17-12(13,5)6/h7-9H2,1-6H3. The normalized spacial score (nSPS) is 33.5. The smallest absolute Gasteiger partial charge is 0.148 e. The third kappa shape index (κ3) is 1.58. The summed E-state index contributed by atoms with van der Waals surface area (Å²) in [7, 11) is 0. The SMILES string of the molecule is CC1(C)OCOCC12C(C)(C)OCOC2(C)C. The number of ether oxygens (including phenoxy) is 4. The fraction of sp³-hybridized carbons (Fsp3) is 1.00. The van der Waals surface area contributed by atoms with E-state index in [0.717, 1.165) is 0 Å². The van der Waals surface area contributed by atoms with Gasteiger partial charge in [0, 0.05) is 0 Å². The van der Waals surface area contributed by atoms with Gasteiger partial charge in [-0.1, -0.05) is 0 Å². The van der Waals surface area contributed by atoms with Gasteiger partial charge < -0.3 is 18.9 Å². The zero-order chi connectivity index (χ0) is 12.9. The van der Waals surface area contributed by atoms with Crippen LogP contribution in [0.3, 0.4) is 0 Å². The largest absolute Gasteiger partial charge is 0.354 e. The van der Waals surface area contributed by atoms with Gasteiger partial charge in [-0.05, 0) is 41.5 Å². The summed E-state index contributed by atoms with van der Waals surface area (Å²) in [5.41, 5.74) is -1.43. The minimum Gasteiger partial charge on any atom is -0.354 e. The predicted octanol–water partition coefficient (Wildman–Crippen LogP) is 2.32. The Balaban J connectivity index is 2.54. The third-order valence-corrected chi connectivity index (χ3v) is 4.74. The Morgan fingerprint density at radius 2 is 1.06 bits per heavy atom. The van der Waals surface area contributed by atoms with Crippen molar-refractivity contribution in [3.63, 3.8) is 0 Å². The van der Waals surface area contributed by atoms with Gasteiger partial charge in [0.25, 0.3) is 0 Å². The second kappa shape index (κ2) is 3.67. The average molecular weight is 244 g/mol. The van der Waals surface area contributed by atoms with Crippen molar-refractivity contribution in [2.24, 2.45) is 5.41 Å². The number of hydrogen-bond acceptors (Lipinski definition) is 4. The molecule has 0 unspecified atom stereocenters. The van der Waals surface area contributed by atoms with E-state index in [1.54, 1.807) is 0 Å². The Bertz CT molecular complexity index is 269. The molecule has 2 fully saturated rings. The molecule has 0 aromatic rings. The Hall–Kier alpha value is -0.160. The summed E-state index contributed by atoms with van der Waals surface area (Å²) in [5, 5.41) is 0. The van der Waals surface area contributed by atoms with E-state index in [-0.39, 0.29) is 22.2 Å². The maximum Gasteiger partial charge on any atom is 0.148 e. The van der Waals surface area contributed by atoms with Crippen LogP contribution in [-0.4, -0.2) is 37.0 Å². The number of hydrogen-bond donors (Lipinski definition) is 0. The van der Waals surface area contributed by atoms with Crippen LogP contribution in [0.25, 0.3) is 0 Å².